The fourth-order valence-electron chi connectivity index (χ4n) is 3.56. The standard InChI is InChI=1S/C22H29N3O5/c1-3-4-14-25-20(27)11-10-18(21(25)16-6-8-17(29-2)9-7-16)22(28)30-15-19(26)24-13-5-12-23/h6-9,18,21H,3-5,10-11,13-15H2,1-2H3,(H,24,26)/t18-,21+/m0/s1. The van der Waals surface area contributed by atoms with E-state index in [1.54, 1.807) is 24.1 Å². The Morgan fingerprint density at radius 1 is 1.30 bits per heavy atom. The van der Waals surface area contributed by atoms with Crippen molar-refractivity contribution < 1.29 is 23.9 Å². The minimum Gasteiger partial charge on any atom is -0.497 e. The maximum Gasteiger partial charge on any atom is 0.311 e. The van der Waals surface area contributed by atoms with Crippen molar-refractivity contribution in [2.45, 2.75) is 45.1 Å². The molecule has 0 aliphatic carbocycles. The van der Waals surface area contributed by atoms with Crippen molar-refractivity contribution in [2.75, 3.05) is 26.8 Å². The van der Waals surface area contributed by atoms with Gasteiger partial charge in [0.1, 0.15) is 5.75 Å². The van der Waals surface area contributed by atoms with E-state index >= 15 is 0 Å². The zero-order valence-electron chi connectivity index (χ0n) is 17.6. The van der Waals surface area contributed by atoms with Crippen LogP contribution in [0.2, 0.25) is 0 Å². The molecule has 30 heavy (non-hydrogen) atoms. The van der Waals surface area contributed by atoms with Gasteiger partial charge in [-0.1, -0.05) is 25.5 Å². The molecule has 1 aromatic carbocycles. The molecule has 1 N–H and O–H groups in total. The summed E-state index contributed by atoms with van der Waals surface area (Å²) in [6, 6.07) is 8.80. The number of methoxy groups -OCH3 is 1. The lowest BCUT2D eigenvalue weighted by atomic mass is 9.84. The number of rotatable bonds is 10. The number of ether oxygens (including phenoxy) is 2. The van der Waals surface area contributed by atoms with Gasteiger partial charge >= 0.3 is 5.97 Å². The van der Waals surface area contributed by atoms with E-state index in [2.05, 4.69) is 5.32 Å². The van der Waals surface area contributed by atoms with E-state index in [4.69, 9.17) is 14.7 Å². The van der Waals surface area contributed by atoms with Crippen molar-refractivity contribution >= 4 is 17.8 Å². The van der Waals surface area contributed by atoms with E-state index in [0.29, 0.717) is 18.7 Å². The van der Waals surface area contributed by atoms with Gasteiger partial charge in [0.05, 0.1) is 31.6 Å². The third kappa shape index (κ3) is 6.21. The predicted molar refractivity (Wildman–Crippen MR) is 109 cm³/mol. The number of unbranched alkanes of at least 4 members (excludes halogenated alkanes) is 1. The van der Waals surface area contributed by atoms with Crippen molar-refractivity contribution in [2.24, 2.45) is 5.92 Å². The highest BCUT2D eigenvalue weighted by molar-refractivity contribution is 5.84. The molecule has 0 radical (unpaired) electrons. The van der Waals surface area contributed by atoms with Crippen LogP contribution >= 0.6 is 0 Å². The number of nitrogens with zero attached hydrogens (tertiary/aromatic N) is 2. The highest BCUT2D eigenvalue weighted by Crippen LogP contribution is 2.38. The van der Waals surface area contributed by atoms with Crippen LogP contribution < -0.4 is 10.1 Å². The van der Waals surface area contributed by atoms with Gasteiger partial charge in [-0.15, -0.1) is 0 Å². The van der Waals surface area contributed by atoms with Crippen LogP contribution in [0.5, 0.6) is 5.75 Å². The quantitative estimate of drug-likeness (QED) is 0.464. The molecular formula is C22H29N3O5. The van der Waals surface area contributed by atoms with Crippen molar-refractivity contribution in [1.29, 1.82) is 5.26 Å². The number of carbonyl (C=O) groups is 3. The molecule has 8 nitrogen and oxygen atoms in total. The van der Waals surface area contributed by atoms with Gasteiger partial charge in [0, 0.05) is 19.5 Å². The summed E-state index contributed by atoms with van der Waals surface area (Å²) in [7, 11) is 1.58. The van der Waals surface area contributed by atoms with Crippen LogP contribution in [0.4, 0.5) is 0 Å². The third-order valence-corrected chi connectivity index (χ3v) is 5.12. The second-order valence-electron chi connectivity index (χ2n) is 7.17. The summed E-state index contributed by atoms with van der Waals surface area (Å²) >= 11 is 0. The maximum atomic E-state index is 12.8. The average Bonchev–Trinajstić information content (AvgIpc) is 2.76. The van der Waals surface area contributed by atoms with Crippen LogP contribution in [0.25, 0.3) is 0 Å². The number of esters is 1. The Morgan fingerprint density at radius 3 is 2.67 bits per heavy atom. The van der Waals surface area contributed by atoms with E-state index in [1.165, 1.54) is 0 Å². The molecule has 2 atom stereocenters. The van der Waals surface area contributed by atoms with E-state index in [-0.39, 0.29) is 25.3 Å². The normalized spacial score (nSPS) is 18.4. The zero-order valence-corrected chi connectivity index (χ0v) is 17.6. The number of amides is 2. The van der Waals surface area contributed by atoms with Crippen molar-refractivity contribution in [3.05, 3.63) is 29.8 Å². The number of hydrogen-bond donors (Lipinski definition) is 1. The number of carbonyl (C=O) groups excluding carboxylic acids is 3. The summed E-state index contributed by atoms with van der Waals surface area (Å²) in [4.78, 5) is 39.1. The van der Waals surface area contributed by atoms with Gasteiger partial charge in [-0.2, -0.15) is 5.26 Å². The highest BCUT2D eigenvalue weighted by atomic mass is 16.5. The first-order chi connectivity index (χ1) is 14.5. The van der Waals surface area contributed by atoms with Gasteiger partial charge in [0.2, 0.25) is 5.91 Å². The molecule has 1 aliphatic heterocycles. The summed E-state index contributed by atoms with van der Waals surface area (Å²) < 4.78 is 10.5. The summed E-state index contributed by atoms with van der Waals surface area (Å²) in [5.74, 6) is -0.800. The monoisotopic (exact) mass is 415 g/mol. The third-order valence-electron chi connectivity index (χ3n) is 5.12. The smallest absolute Gasteiger partial charge is 0.311 e. The largest absolute Gasteiger partial charge is 0.497 e. The zero-order chi connectivity index (χ0) is 21.9. The Morgan fingerprint density at radius 2 is 2.03 bits per heavy atom. The van der Waals surface area contributed by atoms with Gasteiger partial charge in [-0.3, -0.25) is 14.4 Å². The molecule has 1 heterocycles. The Labute approximate surface area is 177 Å². The molecule has 0 unspecified atom stereocenters. The van der Waals surface area contributed by atoms with Crippen LogP contribution in [0.1, 0.15) is 50.6 Å². The molecule has 2 amide bonds. The molecule has 0 spiro atoms. The minimum atomic E-state index is -0.556. The molecule has 8 heteroatoms. The van der Waals surface area contributed by atoms with Gasteiger partial charge < -0.3 is 19.7 Å². The second-order valence-corrected chi connectivity index (χ2v) is 7.17. The van der Waals surface area contributed by atoms with Crippen LogP contribution in [0.15, 0.2) is 24.3 Å². The van der Waals surface area contributed by atoms with Crippen LogP contribution in [-0.4, -0.2) is 49.5 Å². The first-order valence-electron chi connectivity index (χ1n) is 10.3. The van der Waals surface area contributed by atoms with E-state index in [9.17, 15) is 14.4 Å². The van der Waals surface area contributed by atoms with Crippen LogP contribution in [0.3, 0.4) is 0 Å². The Hall–Kier alpha value is -3.08. The molecule has 0 bridgehead atoms. The number of hydrogen-bond acceptors (Lipinski definition) is 6. The van der Waals surface area contributed by atoms with Crippen molar-refractivity contribution in [3.63, 3.8) is 0 Å². The Kier molecular flexibility index (Phi) is 9.13. The molecule has 1 aromatic rings. The Balaban J connectivity index is 2.17. The molecule has 1 fully saturated rings. The SMILES string of the molecule is CCCCN1C(=O)CC[C@H](C(=O)OCC(=O)NCCC#N)[C@H]1c1ccc(OC)cc1. The molecule has 1 aliphatic rings. The number of likely N-dealkylation sites (tertiary alicyclic amines) is 1. The maximum absolute atomic E-state index is 12.8. The Bertz CT molecular complexity index is 772. The number of nitrogens with one attached hydrogen (secondary N) is 1. The average molecular weight is 415 g/mol. The van der Waals surface area contributed by atoms with Crippen molar-refractivity contribution in [3.8, 4) is 11.8 Å². The summed E-state index contributed by atoms with van der Waals surface area (Å²) in [5, 5.41) is 11.0. The second kappa shape index (κ2) is 11.8. The lowest BCUT2D eigenvalue weighted by molar-refractivity contribution is -0.159. The van der Waals surface area contributed by atoms with Gasteiger partial charge in [-0.05, 0) is 30.5 Å². The van der Waals surface area contributed by atoms with E-state index in [1.807, 2.05) is 25.1 Å². The molecule has 1 saturated heterocycles. The predicted octanol–water partition coefficient (Wildman–Crippen LogP) is 2.35. The van der Waals surface area contributed by atoms with Crippen LogP contribution in [-0.2, 0) is 19.1 Å². The molecule has 2 rings (SSSR count). The molecule has 0 aromatic heterocycles. The minimum absolute atomic E-state index is 0.0163. The highest BCUT2D eigenvalue weighted by Gasteiger charge is 2.41. The molecule has 162 valence electrons. The van der Waals surface area contributed by atoms with Gasteiger partial charge in [0.25, 0.3) is 5.91 Å². The number of piperidine rings is 1. The number of nitriles is 1. The topological polar surface area (TPSA) is 109 Å². The first-order valence-corrected chi connectivity index (χ1v) is 10.3. The summed E-state index contributed by atoms with van der Waals surface area (Å²) in [6.07, 6.45) is 2.59. The summed E-state index contributed by atoms with van der Waals surface area (Å²) in [5.41, 5.74) is 0.834. The fourth-order valence-corrected chi connectivity index (χ4v) is 3.56. The lowest BCUT2D eigenvalue weighted by Crippen LogP contribution is -2.46. The first kappa shape index (κ1) is 23.2. The van der Waals surface area contributed by atoms with E-state index < -0.39 is 30.4 Å². The summed E-state index contributed by atoms with van der Waals surface area (Å²) in [6.45, 7) is 2.42. The van der Waals surface area contributed by atoms with Crippen LogP contribution in [0, 0.1) is 17.2 Å². The van der Waals surface area contributed by atoms with Gasteiger partial charge in [0.15, 0.2) is 6.61 Å². The molecule has 0 saturated carbocycles. The van der Waals surface area contributed by atoms with E-state index in [0.717, 1.165) is 18.4 Å². The lowest BCUT2D eigenvalue weighted by Gasteiger charge is -2.40. The van der Waals surface area contributed by atoms with Crippen molar-refractivity contribution in [1.82, 2.24) is 10.2 Å². The number of benzene rings is 1. The fraction of sp³-hybridized carbons (Fsp3) is 0.545. The van der Waals surface area contributed by atoms with Gasteiger partial charge in [-0.25, -0.2) is 0 Å². The molecular weight excluding hydrogens is 386 g/mol.